The van der Waals surface area contributed by atoms with Gasteiger partial charge in [-0.1, -0.05) is 12.1 Å². The van der Waals surface area contributed by atoms with Gasteiger partial charge in [-0.2, -0.15) is 0 Å². The predicted octanol–water partition coefficient (Wildman–Crippen LogP) is 2.64. The molecule has 6 heteroatoms. The number of rotatable bonds is 5. The summed E-state index contributed by atoms with van der Waals surface area (Å²) in [5.74, 6) is 0.633. The number of ether oxygens (including phenoxy) is 3. The van der Waals surface area contributed by atoms with E-state index in [0.29, 0.717) is 18.1 Å². The second-order valence-electron chi connectivity index (χ2n) is 4.05. The summed E-state index contributed by atoms with van der Waals surface area (Å²) >= 11 is 0. The first-order valence-corrected chi connectivity index (χ1v) is 6.39. The number of nitrogen functional groups attached to an aromatic ring is 1. The molecule has 0 saturated carbocycles. The number of aromatic nitrogens is 1. The lowest BCUT2D eigenvalue weighted by molar-refractivity contribution is 0.0601. The second kappa shape index (κ2) is 6.60. The molecule has 2 N–H and O–H groups in total. The minimum Gasteiger partial charge on any atom is -0.490 e. The molecule has 0 saturated heterocycles. The zero-order valence-corrected chi connectivity index (χ0v) is 11.8. The fourth-order valence-corrected chi connectivity index (χ4v) is 1.74. The molecule has 0 unspecified atom stereocenters. The number of nitrogens with two attached hydrogens (primary N) is 1. The van der Waals surface area contributed by atoms with Crippen molar-refractivity contribution in [1.29, 1.82) is 0 Å². The fraction of sp³-hybridized carbons (Fsp3) is 0.200. The maximum absolute atomic E-state index is 11.6. The molecule has 1 heterocycles. The zero-order valence-electron chi connectivity index (χ0n) is 11.8. The summed E-state index contributed by atoms with van der Waals surface area (Å²) in [5, 5.41) is 0. The van der Waals surface area contributed by atoms with Crippen LogP contribution in [-0.4, -0.2) is 24.7 Å². The van der Waals surface area contributed by atoms with Crippen molar-refractivity contribution in [3.8, 4) is 17.4 Å². The largest absolute Gasteiger partial charge is 0.490 e. The van der Waals surface area contributed by atoms with Gasteiger partial charge >= 0.3 is 5.97 Å². The SMILES string of the molecule is CCOc1ccccc1Oc1nccc(C(=O)OC)c1N. The van der Waals surface area contributed by atoms with Crippen molar-refractivity contribution in [3.63, 3.8) is 0 Å². The van der Waals surface area contributed by atoms with Gasteiger partial charge in [0.25, 0.3) is 0 Å². The third-order valence-electron chi connectivity index (χ3n) is 2.71. The first kappa shape index (κ1) is 14.6. The van der Waals surface area contributed by atoms with E-state index in [4.69, 9.17) is 15.2 Å². The normalized spacial score (nSPS) is 10.0. The Labute approximate surface area is 122 Å². The Hall–Kier alpha value is -2.76. The van der Waals surface area contributed by atoms with Gasteiger partial charge in [0.15, 0.2) is 11.5 Å². The van der Waals surface area contributed by atoms with Crippen LogP contribution in [-0.2, 0) is 4.74 Å². The predicted molar refractivity (Wildman–Crippen MR) is 77.7 cm³/mol. The van der Waals surface area contributed by atoms with E-state index in [0.717, 1.165) is 0 Å². The van der Waals surface area contributed by atoms with E-state index in [9.17, 15) is 4.79 Å². The molecule has 0 aliphatic rings. The molecule has 1 aromatic heterocycles. The number of carbonyl (C=O) groups is 1. The number of carbonyl (C=O) groups excluding carboxylic acids is 1. The third kappa shape index (κ3) is 3.22. The summed E-state index contributed by atoms with van der Waals surface area (Å²) < 4.78 is 15.8. The van der Waals surface area contributed by atoms with Crippen LogP contribution in [0.25, 0.3) is 0 Å². The van der Waals surface area contributed by atoms with E-state index in [1.807, 2.05) is 13.0 Å². The average Bonchev–Trinajstić information content (AvgIpc) is 2.51. The van der Waals surface area contributed by atoms with Crippen LogP contribution in [0.4, 0.5) is 5.69 Å². The average molecular weight is 288 g/mol. The monoisotopic (exact) mass is 288 g/mol. The van der Waals surface area contributed by atoms with Crippen molar-refractivity contribution in [2.45, 2.75) is 6.92 Å². The number of hydrogen-bond donors (Lipinski definition) is 1. The molecule has 110 valence electrons. The third-order valence-corrected chi connectivity index (χ3v) is 2.71. The van der Waals surface area contributed by atoms with E-state index in [1.165, 1.54) is 19.4 Å². The topological polar surface area (TPSA) is 83.7 Å². The van der Waals surface area contributed by atoms with E-state index in [2.05, 4.69) is 9.72 Å². The molecule has 2 rings (SSSR count). The molecule has 0 atom stereocenters. The number of methoxy groups -OCH3 is 1. The highest BCUT2D eigenvalue weighted by molar-refractivity contribution is 5.96. The summed E-state index contributed by atoms with van der Waals surface area (Å²) in [6, 6.07) is 8.62. The highest BCUT2D eigenvalue weighted by atomic mass is 16.5. The lowest BCUT2D eigenvalue weighted by atomic mass is 10.2. The Morgan fingerprint density at radius 2 is 1.95 bits per heavy atom. The van der Waals surface area contributed by atoms with Gasteiger partial charge in [0.05, 0.1) is 19.3 Å². The number of benzene rings is 1. The van der Waals surface area contributed by atoms with Crippen LogP contribution in [0, 0.1) is 0 Å². The highest BCUT2D eigenvalue weighted by Crippen LogP contribution is 2.33. The van der Waals surface area contributed by atoms with E-state index in [-0.39, 0.29) is 17.1 Å². The molecule has 1 aromatic carbocycles. The molecule has 0 fully saturated rings. The van der Waals surface area contributed by atoms with E-state index in [1.54, 1.807) is 18.2 Å². The number of para-hydroxylation sites is 2. The summed E-state index contributed by atoms with van der Waals surface area (Å²) in [6.45, 7) is 2.38. The minimum atomic E-state index is -0.544. The van der Waals surface area contributed by atoms with Gasteiger partial charge in [-0.25, -0.2) is 9.78 Å². The fourth-order valence-electron chi connectivity index (χ4n) is 1.74. The van der Waals surface area contributed by atoms with Gasteiger partial charge in [0.2, 0.25) is 5.88 Å². The highest BCUT2D eigenvalue weighted by Gasteiger charge is 2.16. The van der Waals surface area contributed by atoms with Gasteiger partial charge in [-0.05, 0) is 25.1 Å². The van der Waals surface area contributed by atoms with Crippen molar-refractivity contribution >= 4 is 11.7 Å². The molecule has 6 nitrogen and oxygen atoms in total. The smallest absolute Gasteiger partial charge is 0.340 e. The number of hydrogen-bond acceptors (Lipinski definition) is 6. The maximum atomic E-state index is 11.6. The van der Waals surface area contributed by atoms with Gasteiger partial charge in [-0.3, -0.25) is 0 Å². The van der Waals surface area contributed by atoms with Gasteiger partial charge in [0, 0.05) is 6.20 Å². The molecule has 21 heavy (non-hydrogen) atoms. The summed E-state index contributed by atoms with van der Waals surface area (Å²) in [6.07, 6.45) is 1.43. The number of nitrogens with zero attached hydrogens (tertiary/aromatic N) is 1. The summed E-state index contributed by atoms with van der Waals surface area (Å²) in [4.78, 5) is 15.6. The van der Waals surface area contributed by atoms with Crippen LogP contribution in [0.2, 0.25) is 0 Å². The summed E-state index contributed by atoms with van der Waals surface area (Å²) in [5.41, 5.74) is 6.23. The number of esters is 1. The number of anilines is 1. The van der Waals surface area contributed by atoms with Gasteiger partial charge < -0.3 is 19.9 Å². The molecular formula is C15H16N2O4. The lowest BCUT2D eigenvalue weighted by Gasteiger charge is -2.13. The minimum absolute atomic E-state index is 0.121. The first-order valence-electron chi connectivity index (χ1n) is 6.39. The van der Waals surface area contributed by atoms with E-state index >= 15 is 0 Å². The Bertz CT molecular complexity index is 643. The standard InChI is InChI=1S/C15H16N2O4/c1-3-20-11-6-4-5-7-12(11)21-14-13(16)10(8-9-17-14)15(18)19-2/h4-9H,3,16H2,1-2H3. The maximum Gasteiger partial charge on any atom is 0.340 e. The molecular weight excluding hydrogens is 272 g/mol. The summed E-state index contributed by atoms with van der Waals surface area (Å²) in [7, 11) is 1.28. The molecule has 0 radical (unpaired) electrons. The Balaban J connectivity index is 2.34. The first-order chi connectivity index (χ1) is 10.2. The van der Waals surface area contributed by atoms with Crippen LogP contribution in [0.15, 0.2) is 36.5 Å². The Morgan fingerprint density at radius 1 is 1.24 bits per heavy atom. The van der Waals surface area contributed by atoms with Crippen LogP contribution in [0.1, 0.15) is 17.3 Å². The molecule has 0 amide bonds. The lowest BCUT2D eigenvalue weighted by Crippen LogP contribution is -2.07. The van der Waals surface area contributed by atoms with Crippen molar-refractivity contribution in [1.82, 2.24) is 4.98 Å². The molecule has 0 aliphatic carbocycles. The second-order valence-corrected chi connectivity index (χ2v) is 4.05. The molecule has 0 bridgehead atoms. The van der Waals surface area contributed by atoms with Crippen LogP contribution in [0.3, 0.4) is 0 Å². The van der Waals surface area contributed by atoms with Crippen LogP contribution < -0.4 is 15.2 Å². The van der Waals surface area contributed by atoms with Gasteiger partial charge in [0.1, 0.15) is 5.69 Å². The zero-order chi connectivity index (χ0) is 15.2. The van der Waals surface area contributed by atoms with Gasteiger partial charge in [-0.15, -0.1) is 0 Å². The number of pyridine rings is 1. The van der Waals surface area contributed by atoms with Crippen LogP contribution in [0.5, 0.6) is 17.4 Å². The molecule has 0 spiro atoms. The Morgan fingerprint density at radius 3 is 2.62 bits per heavy atom. The van der Waals surface area contributed by atoms with Crippen molar-refractivity contribution in [3.05, 3.63) is 42.1 Å². The van der Waals surface area contributed by atoms with Crippen molar-refractivity contribution in [2.75, 3.05) is 19.5 Å². The van der Waals surface area contributed by atoms with Crippen molar-refractivity contribution < 1.29 is 19.0 Å². The Kier molecular flexibility index (Phi) is 4.61. The molecule has 0 aliphatic heterocycles. The van der Waals surface area contributed by atoms with Crippen LogP contribution >= 0.6 is 0 Å². The van der Waals surface area contributed by atoms with E-state index < -0.39 is 5.97 Å². The molecule has 2 aromatic rings. The van der Waals surface area contributed by atoms with Crippen molar-refractivity contribution in [2.24, 2.45) is 0 Å². The quantitative estimate of drug-likeness (QED) is 0.851.